The first-order valence-electron chi connectivity index (χ1n) is 8.85. The summed E-state index contributed by atoms with van der Waals surface area (Å²) >= 11 is 11.4. The van der Waals surface area contributed by atoms with E-state index >= 15 is 0 Å². The summed E-state index contributed by atoms with van der Waals surface area (Å²) in [7, 11) is 0. The van der Waals surface area contributed by atoms with E-state index in [-0.39, 0.29) is 0 Å². The summed E-state index contributed by atoms with van der Waals surface area (Å²) in [6, 6.07) is 0. The normalized spacial score (nSPS) is 12.0. The van der Waals surface area contributed by atoms with E-state index in [1.807, 2.05) is 0 Å². The van der Waals surface area contributed by atoms with Crippen molar-refractivity contribution in [3.63, 3.8) is 0 Å². The molecule has 0 aliphatic rings. The first-order chi connectivity index (χ1) is 10.2. The minimum atomic E-state index is -2.03. The maximum absolute atomic E-state index is 3.35. The molecule has 22 heavy (non-hydrogen) atoms. The Labute approximate surface area is 167 Å². The van der Waals surface area contributed by atoms with E-state index in [2.05, 4.69) is 75.6 Å². The van der Waals surface area contributed by atoms with Crippen LogP contribution in [0, 0.1) is 0 Å². The Kier molecular flexibility index (Phi) is 21.2. The van der Waals surface area contributed by atoms with Gasteiger partial charge in [0.05, 0.1) is 26.2 Å². The Morgan fingerprint density at radius 1 is 0.545 bits per heavy atom. The van der Waals surface area contributed by atoms with Crippen LogP contribution in [0.2, 0.25) is 0 Å². The van der Waals surface area contributed by atoms with Gasteiger partial charge in [0.2, 0.25) is 0 Å². The Morgan fingerprint density at radius 2 is 0.727 bits per heavy atom. The number of quaternary nitrogens is 1. The molecule has 0 aromatic carbocycles. The molecule has 0 fully saturated rings. The van der Waals surface area contributed by atoms with Crippen LogP contribution in [0.3, 0.4) is 0 Å². The van der Waals surface area contributed by atoms with Crippen LogP contribution in [0.15, 0.2) is 0 Å². The SMILES string of the molecule is CCCC[N+](CCCC)(CCCC)CCCC.[Br][Pb]([Br])([Br])[Br]. The molecule has 0 unspecified atom stereocenters. The van der Waals surface area contributed by atoms with Crippen LogP contribution in [-0.4, -0.2) is 42.2 Å². The van der Waals surface area contributed by atoms with Gasteiger partial charge in [-0.3, -0.25) is 0 Å². The van der Waals surface area contributed by atoms with Gasteiger partial charge < -0.3 is 4.48 Å². The molecule has 0 radical (unpaired) electrons. The molecule has 1 nitrogen and oxygen atoms in total. The molecule has 6 heteroatoms. The van der Waals surface area contributed by atoms with Crippen molar-refractivity contribution in [1.82, 2.24) is 0 Å². The van der Waals surface area contributed by atoms with Gasteiger partial charge >= 0.3 is 59.5 Å². The van der Waals surface area contributed by atoms with Crippen molar-refractivity contribution in [3.8, 4) is 0 Å². The summed E-state index contributed by atoms with van der Waals surface area (Å²) in [6.45, 7) is 15.0. The molecule has 0 saturated carbocycles. The molecule has 0 spiro atoms. The molecule has 0 N–H and O–H groups in total. The first kappa shape index (κ1) is 27.0. The van der Waals surface area contributed by atoms with Crippen molar-refractivity contribution in [2.75, 3.05) is 26.2 Å². The van der Waals surface area contributed by atoms with Crippen molar-refractivity contribution in [2.45, 2.75) is 79.1 Å². The van der Waals surface area contributed by atoms with Crippen LogP contribution >= 0.6 is 47.9 Å². The molecule has 0 aliphatic carbocycles. The number of hydrogen-bond acceptors (Lipinski definition) is 0. The topological polar surface area (TPSA) is 0 Å². The fourth-order valence-corrected chi connectivity index (χ4v) is 2.64. The van der Waals surface area contributed by atoms with E-state index < -0.39 is 11.5 Å². The molecule has 136 valence electrons. The number of rotatable bonds is 12. The van der Waals surface area contributed by atoms with Crippen molar-refractivity contribution < 1.29 is 4.48 Å². The molecule has 0 aromatic heterocycles. The maximum atomic E-state index is 3.35. The van der Waals surface area contributed by atoms with E-state index in [9.17, 15) is 0 Å². The van der Waals surface area contributed by atoms with Gasteiger partial charge in [-0.05, 0) is 25.7 Å². The van der Waals surface area contributed by atoms with Crippen molar-refractivity contribution >= 4 is 59.5 Å². The molecule has 0 aromatic rings. The second kappa shape index (κ2) is 17.2. The third-order valence-corrected chi connectivity index (χ3v) is 3.94. The first-order valence-corrected chi connectivity index (χ1v) is 42.6. The summed E-state index contributed by atoms with van der Waals surface area (Å²) in [6.07, 6.45) is 11.1. The van der Waals surface area contributed by atoms with E-state index in [1.165, 1.54) is 82.0 Å². The summed E-state index contributed by atoms with van der Waals surface area (Å²) in [5, 5.41) is 0. The summed E-state index contributed by atoms with van der Waals surface area (Å²) < 4.78 is 1.42. The quantitative estimate of drug-likeness (QED) is 0.140. The van der Waals surface area contributed by atoms with Gasteiger partial charge in [-0.2, -0.15) is 0 Å². The van der Waals surface area contributed by atoms with Gasteiger partial charge in [0.15, 0.2) is 0 Å². The predicted octanol–water partition coefficient (Wildman–Crippen LogP) is 8.01. The Balaban J connectivity index is 0. The molecule has 0 rings (SSSR count). The summed E-state index contributed by atoms with van der Waals surface area (Å²) in [5.74, 6) is 0. The molecular weight excluding hydrogens is 733 g/mol. The van der Waals surface area contributed by atoms with Crippen LogP contribution in [-0.2, 0) is 0 Å². The average Bonchev–Trinajstić information content (AvgIpc) is 2.44. The monoisotopic (exact) mass is 766 g/mol. The summed E-state index contributed by atoms with van der Waals surface area (Å²) in [5.41, 5.74) is 0. The molecule has 0 atom stereocenters. The third kappa shape index (κ3) is 20.8. The van der Waals surface area contributed by atoms with Gasteiger partial charge in [-0.1, -0.05) is 53.4 Å². The molecule has 0 saturated heterocycles. The predicted molar refractivity (Wildman–Crippen MR) is 121 cm³/mol. The second-order valence-corrected chi connectivity index (χ2v) is 107. The molecule has 0 aliphatic heterocycles. The molecular formula is C16H36Br4NPb+. The molecule has 0 heterocycles. The summed E-state index contributed by atoms with van der Waals surface area (Å²) in [4.78, 5) is 0. The number of halogens is 4. The Bertz CT molecular complexity index is 191. The Hall–Kier alpha value is 2.80. The standard InChI is InChI=1S/C16H36N.4BrH.Pb/c1-5-9-13-17(14-10-6-2,15-11-7-3)16-12-8-4;;;;;/h5-16H2,1-4H3;4*1H;/q+1;;;;;+4/p-4. The van der Waals surface area contributed by atoms with Crippen molar-refractivity contribution in [2.24, 2.45) is 0 Å². The van der Waals surface area contributed by atoms with Crippen LogP contribution in [0.1, 0.15) is 79.1 Å². The average molecular weight is 769 g/mol. The fourth-order valence-electron chi connectivity index (χ4n) is 2.64. The fraction of sp³-hybridized carbons (Fsp3) is 1.00. The minimum absolute atomic E-state index is 1.35. The van der Waals surface area contributed by atoms with E-state index in [0.29, 0.717) is 0 Å². The second-order valence-electron chi connectivity index (χ2n) is 6.08. The van der Waals surface area contributed by atoms with Gasteiger partial charge in [0.1, 0.15) is 0 Å². The van der Waals surface area contributed by atoms with Crippen molar-refractivity contribution in [3.05, 3.63) is 0 Å². The van der Waals surface area contributed by atoms with E-state index in [0.717, 1.165) is 0 Å². The van der Waals surface area contributed by atoms with Crippen LogP contribution < -0.4 is 0 Å². The number of nitrogens with zero attached hydrogens (tertiary/aromatic N) is 1. The van der Waals surface area contributed by atoms with Crippen molar-refractivity contribution in [1.29, 1.82) is 0 Å². The van der Waals surface area contributed by atoms with Gasteiger partial charge in [0, 0.05) is 0 Å². The van der Waals surface area contributed by atoms with Crippen LogP contribution in [0.4, 0.5) is 0 Å². The number of unbranched alkanes of at least 4 members (excludes halogenated alkanes) is 4. The molecule has 0 amide bonds. The van der Waals surface area contributed by atoms with Crippen LogP contribution in [0.5, 0.6) is 0 Å². The van der Waals surface area contributed by atoms with Gasteiger partial charge in [-0.25, -0.2) is 0 Å². The van der Waals surface area contributed by atoms with E-state index in [1.54, 1.807) is 0 Å². The molecule has 0 bridgehead atoms. The number of hydrogen-bond donors (Lipinski definition) is 0. The van der Waals surface area contributed by atoms with E-state index in [4.69, 9.17) is 0 Å². The van der Waals surface area contributed by atoms with Gasteiger partial charge in [-0.15, -0.1) is 0 Å². The zero-order valence-corrected chi connectivity index (χ0v) is 25.2. The zero-order valence-electron chi connectivity index (χ0n) is 14.9. The van der Waals surface area contributed by atoms with Gasteiger partial charge in [0.25, 0.3) is 0 Å². The zero-order chi connectivity index (χ0) is 17.5. The third-order valence-electron chi connectivity index (χ3n) is 3.94. The van der Waals surface area contributed by atoms with Crippen LogP contribution in [0.25, 0.3) is 0 Å². The Morgan fingerprint density at radius 3 is 0.864 bits per heavy atom.